The molecule has 0 radical (unpaired) electrons. The van der Waals surface area contributed by atoms with Crippen LogP contribution in [-0.2, 0) is 4.79 Å². The van der Waals surface area contributed by atoms with Crippen molar-refractivity contribution in [2.75, 3.05) is 18.6 Å². The standard InChI is InChI=1S/C22H26N2O2/c1-26-19-12-6-5-11-18(19)24-16-8-7-14-22(24)15-13-20(25)23-21(22)17-9-3-2-4-10-17/h2-6,9-12,21H,7-8,13-16H2,1H3,(H,23,25). The summed E-state index contributed by atoms with van der Waals surface area (Å²) >= 11 is 0. The molecule has 4 heteroatoms. The first kappa shape index (κ1) is 17.0. The van der Waals surface area contributed by atoms with Crippen molar-refractivity contribution in [2.45, 2.75) is 43.7 Å². The van der Waals surface area contributed by atoms with Gasteiger partial charge in [-0.15, -0.1) is 0 Å². The van der Waals surface area contributed by atoms with E-state index in [-0.39, 0.29) is 17.5 Å². The summed E-state index contributed by atoms with van der Waals surface area (Å²) in [6, 6.07) is 18.6. The van der Waals surface area contributed by atoms with Crippen LogP contribution >= 0.6 is 0 Å². The van der Waals surface area contributed by atoms with Gasteiger partial charge in [0.05, 0.1) is 24.4 Å². The topological polar surface area (TPSA) is 41.6 Å². The number of methoxy groups -OCH3 is 1. The van der Waals surface area contributed by atoms with Gasteiger partial charge in [0.2, 0.25) is 5.91 Å². The molecule has 26 heavy (non-hydrogen) atoms. The molecule has 136 valence electrons. The van der Waals surface area contributed by atoms with Gasteiger partial charge in [-0.05, 0) is 43.4 Å². The smallest absolute Gasteiger partial charge is 0.220 e. The quantitative estimate of drug-likeness (QED) is 0.907. The minimum Gasteiger partial charge on any atom is -0.495 e. The highest BCUT2D eigenvalue weighted by molar-refractivity contribution is 5.79. The van der Waals surface area contributed by atoms with Crippen molar-refractivity contribution in [3.8, 4) is 5.75 Å². The van der Waals surface area contributed by atoms with Crippen LogP contribution < -0.4 is 15.0 Å². The van der Waals surface area contributed by atoms with Gasteiger partial charge in [-0.3, -0.25) is 4.79 Å². The Bertz CT molecular complexity index is 777. The third kappa shape index (κ3) is 2.83. The fraction of sp³-hybridized carbons (Fsp3) is 0.409. The molecule has 4 rings (SSSR count). The van der Waals surface area contributed by atoms with Crippen molar-refractivity contribution >= 4 is 11.6 Å². The number of carbonyl (C=O) groups excluding carboxylic acids is 1. The first-order chi connectivity index (χ1) is 12.7. The van der Waals surface area contributed by atoms with Crippen LogP contribution in [0.25, 0.3) is 0 Å². The van der Waals surface area contributed by atoms with Gasteiger partial charge in [-0.2, -0.15) is 0 Å². The number of ether oxygens (including phenoxy) is 1. The summed E-state index contributed by atoms with van der Waals surface area (Å²) in [6.07, 6.45) is 4.87. The minimum absolute atomic E-state index is 0.00448. The van der Waals surface area contributed by atoms with E-state index in [4.69, 9.17) is 4.74 Å². The van der Waals surface area contributed by atoms with Crippen molar-refractivity contribution in [1.82, 2.24) is 5.32 Å². The summed E-state index contributed by atoms with van der Waals surface area (Å²) in [5.41, 5.74) is 2.21. The maximum atomic E-state index is 12.3. The van der Waals surface area contributed by atoms with Crippen LogP contribution in [0.3, 0.4) is 0 Å². The molecule has 4 nitrogen and oxygen atoms in total. The number of rotatable bonds is 3. The van der Waals surface area contributed by atoms with E-state index in [0.29, 0.717) is 6.42 Å². The number of piperidine rings is 2. The number of nitrogens with zero attached hydrogens (tertiary/aromatic N) is 1. The van der Waals surface area contributed by atoms with E-state index < -0.39 is 0 Å². The van der Waals surface area contributed by atoms with Gasteiger partial charge in [-0.25, -0.2) is 0 Å². The zero-order valence-electron chi connectivity index (χ0n) is 15.3. The fourth-order valence-electron chi connectivity index (χ4n) is 4.71. The molecule has 2 saturated heterocycles. The van der Waals surface area contributed by atoms with Crippen molar-refractivity contribution in [3.05, 3.63) is 60.2 Å². The predicted octanol–water partition coefficient (Wildman–Crippen LogP) is 4.08. The Kier molecular flexibility index (Phi) is 4.58. The Labute approximate surface area is 155 Å². The number of amides is 1. The Hall–Kier alpha value is -2.49. The summed E-state index contributed by atoms with van der Waals surface area (Å²) in [6.45, 7) is 0.986. The third-order valence-electron chi connectivity index (χ3n) is 5.92. The third-order valence-corrected chi connectivity index (χ3v) is 5.92. The number of nitrogens with one attached hydrogen (secondary N) is 1. The van der Waals surface area contributed by atoms with E-state index >= 15 is 0 Å². The second-order valence-corrected chi connectivity index (χ2v) is 7.30. The molecule has 1 spiro atoms. The number of hydrogen-bond donors (Lipinski definition) is 1. The molecule has 0 saturated carbocycles. The molecule has 2 heterocycles. The molecule has 0 bridgehead atoms. The number of para-hydroxylation sites is 2. The molecule has 2 atom stereocenters. The SMILES string of the molecule is COc1ccccc1N1CCCCC12CCC(=O)NC2c1ccccc1. The maximum Gasteiger partial charge on any atom is 0.220 e. The fourth-order valence-corrected chi connectivity index (χ4v) is 4.71. The second-order valence-electron chi connectivity index (χ2n) is 7.30. The van der Waals surface area contributed by atoms with Gasteiger partial charge in [0, 0.05) is 13.0 Å². The van der Waals surface area contributed by atoms with Crippen molar-refractivity contribution < 1.29 is 9.53 Å². The van der Waals surface area contributed by atoms with Crippen molar-refractivity contribution in [3.63, 3.8) is 0 Å². The highest BCUT2D eigenvalue weighted by Gasteiger charge is 2.49. The van der Waals surface area contributed by atoms with E-state index in [1.807, 2.05) is 18.2 Å². The van der Waals surface area contributed by atoms with Crippen LogP contribution in [0.4, 0.5) is 5.69 Å². The number of anilines is 1. The molecule has 2 aliphatic heterocycles. The Morgan fingerprint density at radius 3 is 2.62 bits per heavy atom. The Balaban J connectivity index is 1.82. The number of carbonyl (C=O) groups is 1. The Morgan fingerprint density at radius 2 is 1.81 bits per heavy atom. The molecular weight excluding hydrogens is 324 g/mol. The van der Waals surface area contributed by atoms with Crippen molar-refractivity contribution in [1.29, 1.82) is 0 Å². The average molecular weight is 350 g/mol. The zero-order chi connectivity index (χ0) is 18.0. The zero-order valence-corrected chi connectivity index (χ0v) is 15.3. The largest absolute Gasteiger partial charge is 0.495 e. The van der Waals surface area contributed by atoms with Crippen LogP contribution in [0.1, 0.15) is 43.7 Å². The summed E-state index contributed by atoms with van der Waals surface area (Å²) in [5, 5.41) is 3.31. The van der Waals surface area contributed by atoms with E-state index in [1.165, 1.54) is 12.0 Å². The molecule has 2 aromatic rings. The van der Waals surface area contributed by atoms with Gasteiger partial charge in [0.25, 0.3) is 0 Å². The maximum absolute atomic E-state index is 12.3. The molecule has 2 unspecified atom stereocenters. The second kappa shape index (κ2) is 7.02. The van der Waals surface area contributed by atoms with Crippen LogP contribution in [0.15, 0.2) is 54.6 Å². The molecule has 2 fully saturated rings. The molecule has 1 N–H and O–H groups in total. The van der Waals surface area contributed by atoms with Gasteiger partial charge in [0.15, 0.2) is 0 Å². The van der Waals surface area contributed by atoms with E-state index in [0.717, 1.165) is 37.2 Å². The van der Waals surface area contributed by atoms with Gasteiger partial charge in [0.1, 0.15) is 5.75 Å². The highest BCUT2D eigenvalue weighted by Crippen LogP contribution is 2.48. The predicted molar refractivity (Wildman–Crippen MR) is 103 cm³/mol. The van der Waals surface area contributed by atoms with Gasteiger partial charge < -0.3 is 15.0 Å². The molecule has 2 aromatic carbocycles. The normalized spacial score (nSPS) is 25.8. The number of hydrogen-bond acceptors (Lipinski definition) is 3. The van der Waals surface area contributed by atoms with E-state index in [2.05, 4.69) is 46.6 Å². The molecule has 1 amide bonds. The molecular formula is C22H26N2O2. The first-order valence-corrected chi connectivity index (χ1v) is 9.49. The monoisotopic (exact) mass is 350 g/mol. The number of benzene rings is 2. The van der Waals surface area contributed by atoms with E-state index in [9.17, 15) is 4.79 Å². The first-order valence-electron chi connectivity index (χ1n) is 9.49. The highest BCUT2D eigenvalue weighted by atomic mass is 16.5. The van der Waals surface area contributed by atoms with E-state index in [1.54, 1.807) is 7.11 Å². The average Bonchev–Trinajstić information content (AvgIpc) is 2.71. The summed E-state index contributed by atoms with van der Waals surface area (Å²) < 4.78 is 5.67. The summed E-state index contributed by atoms with van der Waals surface area (Å²) in [7, 11) is 1.73. The molecule has 2 aliphatic rings. The lowest BCUT2D eigenvalue weighted by Crippen LogP contribution is -2.62. The lowest BCUT2D eigenvalue weighted by Gasteiger charge is -2.55. The summed E-state index contributed by atoms with van der Waals surface area (Å²) in [4.78, 5) is 14.8. The lowest BCUT2D eigenvalue weighted by molar-refractivity contribution is -0.125. The minimum atomic E-state index is -0.109. The van der Waals surface area contributed by atoms with Crippen LogP contribution in [0, 0.1) is 0 Å². The van der Waals surface area contributed by atoms with Gasteiger partial charge >= 0.3 is 0 Å². The molecule has 0 aromatic heterocycles. The molecule has 0 aliphatic carbocycles. The van der Waals surface area contributed by atoms with Crippen LogP contribution in [0.5, 0.6) is 5.75 Å². The van der Waals surface area contributed by atoms with Crippen LogP contribution in [0.2, 0.25) is 0 Å². The lowest BCUT2D eigenvalue weighted by atomic mass is 9.71. The summed E-state index contributed by atoms with van der Waals surface area (Å²) in [5.74, 6) is 1.05. The van der Waals surface area contributed by atoms with Crippen LogP contribution in [-0.4, -0.2) is 25.1 Å². The Morgan fingerprint density at radius 1 is 1.04 bits per heavy atom. The van der Waals surface area contributed by atoms with Crippen molar-refractivity contribution in [2.24, 2.45) is 0 Å². The van der Waals surface area contributed by atoms with Gasteiger partial charge in [-0.1, -0.05) is 42.5 Å².